The molecule has 0 unspecified atom stereocenters. The molecule has 1 saturated carbocycles. The minimum absolute atomic E-state index is 0.148. The van der Waals surface area contributed by atoms with Crippen molar-refractivity contribution < 1.29 is 14.3 Å². The normalized spacial score (nSPS) is 14.1. The second kappa shape index (κ2) is 8.35. The number of benzene rings is 1. The molecule has 0 bridgehead atoms. The highest BCUT2D eigenvalue weighted by molar-refractivity contribution is 7.17. The molecule has 3 aromatic rings. The van der Waals surface area contributed by atoms with E-state index in [1.165, 1.54) is 17.7 Å². The molecule has 8 heteroatoms. The lowest BCUT2D eigenvalue weighted by molar-refractivity contribution is -0.122. The van der Waals surface area contributed by atoms with Crippen LogP contribution in [0.3, 0.4) is 0 Å². The number of aromatic nitrogens is 2. The number of amides is 3. The molecule has 0 radical (unpaired) electrons. The number of nitrogens with one attached hydrogen (secondary N) is 2. The van der Waals surface area contributed by atoms with Gasteiger partial charge in [-0.15, -0.1) is 11.3 Å². The average Bonchev–Trinajstić information content (AvgIpc) is 3.37. The van der Waals surface area contributed by atoms with E-state index in [9.17, 15) is 9.59 Å². The zero-order chi connectivity index (χ0) is 19.3. The highest BCUT2D eigenvalue weighted by atomic mass is 32.1. The molecule has 2 N–H and O–H groups in total. The lowest BCUT2D eigenvalue weighted by Crippen LogP contribution is -2.45. The summed E-state index contributed by atoms with van der Waals surface area (Å²) in [7, 11) is 0. The summed E-state index contributed by atoms with van der Waals surface area (Å²) in [5.74, 6) is -0.185. The number of thiophene rings is 1. The van der Waals surface area contributed by atoms with Crippen LogP contribution in [-0.2, 0) is 4.79 Å². The number of nitrogens with zero attached hydrogens (tertiary/aromatic N) is 2. The van der Waals surface area contributed by atoms with Crippen LogP contribution in [0.5, 0.6) is 5.88 Å². The van der Waals surface area contributed by atoms with Crippen LogP contribution in [0.25, 0.3) is 21.3 Å². The third kappa shape index (κ3) is 4.12. The van der Waals surface area contributed by atoms with E-state index in [2.05, 4.69) is 20.6 Å². The number of ether oxygens (including phenoxy) is 1. The van der Waals surface area contributed by atoms with Crippen LogP contribution in [-0.4, -0.2) is 34.6 Å². The fourth-order valence-corrected chi connectivity index (χ4v) is 4.28. The Balaban J connectivity index is 1.44. The van der Waals surface area contributed by atoms with Crippen LogP contribution in [0.1, 0.15) is 25.7 Å². The van der Waals surface area contributed by atoms with Crippen molar-refractivity contribution in [3.05, 3.63) is 42.0 Å². The standard InChI is InChI=1S/C20H20N4O3S/c25-16(24-20(26)23-14-8-4-5-9-14)10-27-18-17-15(13-6-2-1-3-7-13)11-28-19(17)22-12-21-18/h1-3,6-7,11-12,14H,4-5,8-10H2,(H2,23,24,25,26). The third-order valence-electron chi connectivity index (χ3n) is 4.70. The van der Waals surface area contributed by atoms with Crippen molar-refractivity contribution in [2.24, 2.45) is 0 Å². The van der Waals surface area contributed by atoms with Crippen LogP contribution in [0, 0.1) is 0 Å². The fourth-order valence-electron chi connectivity index (χ4n) is 3.38. The first-order valence-corrected chi connectivity index (χ1v) is 10.1. The van der Waals surface area contributed by atoms with E-state index in [1.807, 2.05) is 35.7 Å². The van der Waals surface area contributed by atoms with Crippen molar-refractivity contribution in [3.63, 3.8) is 0 Å². The monoisotopic (exact) mass is 396 g/mol. The second-order valence-corrected chi connectivity index (χ2v) is 7.52. The Hall–Kier alpha value is -3.00. The predicted molar refractivity (Wildman–Crippen MR) is 107 cm³/mol. The predicted octanol–water partition coefficient (Wildman–Crippen LogP) is 3.51. The van der Waals surface area contributed by atoms with E-state index < -0.39 is 11.9 Å². The highest BCUT2D eigenvalue weighted by Gasteiger charge is 2.19. The van der Waals surface area contributed by atoms with Gasteiger partial charge in [-0.3, -0.25) is 10.1 Å². The van der Waals surface area contributed by atoms with Gasteiger partial charge in [-0.1, -0.05) is 43.2 Å². The number of hydrogen-bond acceptors (Lipinski definition) is 6. The molecule has 1 aliphatic rings. The van der Waals surface area contributed by atoms with Gasteiger partial charge in [0.15, 0.2) is 6.61 Å². The van der Waals surface area contributed by atoms with E-state index in [0.29, 0.717) is 5.88 Å². The molecule has 144 valence electrons. The smallest absolute Gasteiger partial charge is 0.321 e. The van der Waals surface area contributed by atoms with Gasteiger partial charge in [0.1, 0.15) is 11.2 Å². The van der Waals surface area contributed by atoms with E-state index in [1.54, 1.807) is 0 Å². The van der Waals surface area contributed by atoms with Gasteiger partial charge in [-0.2, -0.15) is 0 Å². The molecule has 2 aromatic heterocycles. The maximum atomic E-state index is 12.1. The number of rotatable bonds is 5. The lowest BCUT2D eigenvalue weighted by Gasteiger charge is -2.12. The van der Waals surface area contributed by atoms with Crippen LogP contribution < -0.4 is 15.4 Å². The number of fused-ring (bicyclic) bond motifs is 1. The molecular weight excluding hydrogens is 376 g/mol. The summed E-state index contributed by atoms with van der Waals surface area (Å²) in [6, 6.07) is 9.53. The summed E-state index contributed by atoms with van der Waals surface area (Å²) >= 11 is 1.49. The number of imide groups is 1. The van der Waals surface area contributed by atoms with Gasteiger partial charge < -0.3 is 10.1 Å². The maximum Gasteiger partial charge on any atom is 0.321 e. The Morgan fingerprint density at radius 3 is 2.71 bits per heavy atom. The van der Waals surface area contributed by atoms with Gasteiger partial charge >= 0.3 is 6.03 Å². The first-order chi connectivity index (χ1) is 13.7. The summed E-state index contributed by atoms with van der Waals surface area (Å²) in [6.45, 7) is -0.297. The van der Waals surface area contributed by atoms with E-state index in [4.69, 9.17) is 4.74 Å². The van der Waals surface area contributed by atoms with Crippen molar-refractivity contribution >= 4 is 33.5 Å². The minimum Gasteiger partial charge on any atom is -0.467 e. The Kier molecular flexibility index (Phi) is 5.48. The molecule has 3 amide bonds. The first-order valence-electron chi connectivity index (χ1n) is 9.21. The SMILES string of the molecule is O=C(COc1ncnc2scc(-c3ccccc3)c12)NC(=O)NC1CCCC1. The summed E-state index contributed by atoms with van der Waals surface area (Å²) in [4.78, 5) is 33.3. The van der Waals surface area contributed by atoms with Gasteiger partial charge in [0.05, 0.1) is 5.39 Å². The summed E-state index contributed by atoms with van der Waals surface area (Å²) in [6.07, 6.45) is 5.54. The molecule has 1 fully saturated rings. The Bertz CT molecular complexity index is 984. The van der Waals surface area contributed by atoms with Crippen molar-refractivity contribution in [3.8, 4) is 17.0 Å². The Morgan fingerprint density at radius 2 is 1.93 bits per heavy atom. The van der Waals surface area contributed by atoms with Crippen LogP contribution >= 0.6 is 11.3 Å². The molecule has 0 aliphatic heterocycles. The number of urea groups is 1. The number of carbonyl (C=O) groups is 2. The van der Waals surface area contributed by atoms with Crippen LogP contribution in [0.4, 0.5) is 4.79 Å². The highest BCUT2D eigenvalue weighted by Crippen LogP contribution is 2.37. The summed E-state index contributed by atoms with van der Waals surface area (Å²) in [5, 5.41) is 7.89. The molecule has 28 heavy (non-hydrogen) atoms. The molecule has 1 aliphatic carbocycles. The van der Waals surface area contributed by atoms with Gasteiger partial charge in [-0.05, 0) is 18.4 Å². The third-order valence-corrected chi connectivity index (χ3v) is 5.59. The van der Waals surface area contributed by atoms with Gasteiger partial charge in [0.25, 0.3) is 5.91 Å². The summed E-state index contributed by atoms with van der Waals surface area (Å²) in [5.41, 5.74) is 1.98. The van der Waals surface area contributed by atoms with E-state index in [0.717, 1.165) is 47.0 Å². The van der Waals surface area contributed by atoms with Crippen molar-refractivity contribution in [2.45, 2.75) is 31.7 Å². The van der Waals surface area contributed by atoms with Gasteiger partial charge in [0, 0.05) is 17.0 Å². The Morgan fingerprint density at radius 1 is 1.14 bits per heavy atom. The van der Waals surface area contributed by atoms with E-state index in [-0.39, 0.29) is 12.6 Å². The molecule has 0 atom stereocenters. The second-order valence-electron chi connectivity index (χ2n) is 6.67. The van der Waals surface area contributed by atoms with Crippen molar-refractivity contribution in [2.75, 3.05) is 6.61 Å². The van der Waals surface area contributed by atoms with Crippen LogP contribution in [0.2, 0.25) is 0 Å². The zero-order valence-electron chi connectivity index (χ0n) is 15.2. The van der Waals surface area contributed by atoms with E-state index >= 15 is 0 Å². The van der Waals surface area contributed by atoms with Crippen molar-refractivity contribution in [1.29, 1.82) is 0 Å². The quantitative estimate of drug-likeness (QED) is 0.688. The maximum absolute atomic E-state index is 12.1. The Labute approximate surface area is 166 Å². The topological polar surface area (TPSA) is 93.2 Å². The number of hydrogen-bond donors (Lipinski definition) is 2. The molecule has 7 nitrogen and oxygen atoms in total. The molecule has 4 rings (SSSR count). The first kappa shape index (κ1) is 18.4. The summed E-state index contributed by atoms with van der Waals surface area (Å²) < 4.78 is 5.64. The van der Waals surface area contributed by atoms with Crippen molar-refractivity contribution in [1.82, 2.24) is 20.6 Å². The lowest BCUT2D eigenvalue weighted by atomic mass is 10.1. The van der Waals surface area contributed by atoms with Crippen LogP contribution in [0.15, 0.2) is 42.0 Å². The van der Waals surface area contributed by atoms with Gasteiger partial charge in [0.2, 0.25) is 5.88 Å². The fraction of sp³-hybridized carbons (Fsp3) is 0.300. The molecular formula is C20H20N4O3S. The molecule has 0 saturated heterocycles. The number of carbonyl (C=O) groups excluding carboxylic acids is 2. The molecule has 1 aromatic carbocycles. The zero-order valence-corrected chi connectivity index (χ0v) is 16.0. The molecule has 2 heterocycles. The largest absolute Gasteiger partial charge is 0.467 e. The minimum atomic E-state index is -0.515. The average molecular weight is 396 g/mol. The van der Waals surface area contributed by atoms with Gasteiger partial charge in [-0.25, -0.2) is 14.8 Å². The molecule has 0 spiro atoms.